The molecule has 21 heavy (non-hydrogen) atoms. The monoisotopic (exact) mass is 310 g/mol. The van der Waals surface area contributed by atoms with Crippen LogP contribution in [0.15, 0.2) is 0 Å². The van der Waals surface area contributed by atoms with Gasteiger partial charge in [-0.15, -0.1) is 0 Å². The molecule has 1 fully saturated rings. The second kappa shape index (κ2) is 7.11. The number of hydrogen-bond acceptors (Lipinski definition) is 5. The summed E-state index contributed by atoms with van der Waals surface area (Å²) in [5.41, 5.74) is 5.93. The van der Waals surface area contributed by atoms with Crippen LogP contribution in [0.1, 0.15) is 56.1 Å². The van der Waals surface area contributed by atoms with Gasteiger partial charge in [0, 0.05) is 19.1 Å². The lowest BCUT2D eigenvalue weighted by atomic mass is 10.1. The summed E-state index contributed by atoms with van der Waals surface area (Å²) in [5, 5.41) is 3.95. The molecule has 1 atom stereocenters. The number of carbonyl (C=O) groups excluding carboxylic acids is 1. The fourth-order valence-corrected chi connectivity index (χ4v) is 3.46. The maximum absolute atomic E-state index is 12.4. The fraction of sp³-hybridized carbons (Fsp3) is 0.733. The molecule has 0 aromatic carbocycles. The van der Waals surface area contributed by atoms with Crippen molar-refractivity contribution in [3.8, 4) is 0 Å². The first-order chi connectivity index (χ1) is 10.1. The largest absolute Gasteiger partial charge is 0.382 e. The van der Waals surface area contributed by atoms with Crippen molar-refractivity contribution in [2.45, 2.75) is 52.5 Å². The number of nitrogens with zero attached hydrogens (tertiary/aromatic N) is 2. The summed E-state index contributed by atoms with van der Waals surface area (Å²) < 4.78 is 0. The van der Waals surface area contributed by atoms with Crippen LogP contribution < -0.4 is 16.0 Å². The topological polar surface area (TPSA) is 71.2 Å². The third kappa shape index (κ3) is 4.09. The van der Waals surface area contributed by atoms with Crippen LogP contribution in [0.5, 0.6) is 0 Å². The molecule has 1 aliphatic rings. The quantitative estimate of drug-likeness (QED) is 0.774. The Morgan fingerprint density at radius 1 is 1.43 bits per heavy atom. The van der Waals surface area contributed by atoms with Gasteiger partial charge in [0.1, 0.15) is 10.7 Å². The number of aromatic nitrogens is 1. The maximum Gasteiger partial charge on any atom is 0.265 e. The Bertz CT molecular complexity index is 480. The number of nitrogen functional groups attached to an aromatic ring is 1. The first kappa shape index (κ1) is 16.1. The molecule has 1 unspecified atom stereocenters. The Balaban J connectivity index is 2.03. The Kier molecular flexibility index (Phi) is 5.45. The van der Waals surface area contributed by atoms with E-state index in [0.29, 0.717) is 10.7 Å². The fourth-order valence-electron chi connectivity index (χ4n) is 2.45. The van der Waals surface area contributed by atoms with Crippen LogP contribution in [-0.4, -0.2) is 30.0 Å². The molecule has 0 spiro atoms. The van der Waals surface area contributed by atoms with Gasteiger partial charge in [-0.25, -0.2) is 4.98 Å². The second-order valence-electron chi connectivity index (χ2n) is 5.64. The average Bonchev–Trinajstić information content (AvgIpc) is 3.20. The van der Waals surface area contributed by atoms with Crippen molar-refractivity contribution in [2.75, 3.05) is 23.7 Å². The molecule has 1 saturated carbocycles. The predicted molar refractivity (Wildman–Crippen MR) is 89.0 cm³/mol. The molecule has 1 heterocycles. The number of nitrogens with one attached hydrogen (secondary N) is 1. The molecule has 1 amide bonds. The van der Waals surface area contributed by atoms with Gasteiger partial charge in [0.05, 0.1) is 0 Å². The second-order valence-corrected chi connectivity index (χ2v) is 6.62. The highest BCUT2D eigenvalue weighted by Crippen LogP contribution is 2.34. The summed E-state index contributed by atoms with van der Waals surface area (Å²) in [4.78, 5) is 19.4. The van der Waals surface area contributed by atoms with Crippen LogP contribution in [-0.2, 0) is 0 Å². The molecule has 0 bridgehead atoms. The van der Waals surface area contributed by atoms with E-state index in [1.54, 1.807) is 0 Å². The number of rotatable bonds is 8. The summed E-state index contributed by atoms with van der Waals surface area (Å²) in [6.07, 6.45) is 4.66. The van der Waals surface area contributed by atoms with Gasteiger partial charge in [0.25, 0.3) is 5.91 Å². The van der Waals surface area contributed by atoms with Crippen LogP contribution in [0.2, 0.25) is 0 Å². The molecular weight excluding hydrogens is 284 g/mol. The van der Waals surface area contributed by atoms with Crippen molar-refractivity contribution >= 4 is 28.2 Å². The maximum atomic E-state index is 12.4. The summed E-state index contributed by atoms with van der Waals surface area (Å²) in [5.74, 6) is 1.08. The molecule has 1 aromatic rings. The highest BCUT2D eigenvalue weighted by Gasteiger charge is 2.27. The number of nitrogens with two attached hydrogens (primary N) is 1. The zero-order valence-corrected chi connectivity index (χ0v) is 14.0. The Hall–Kier alpha value is -1.30. The van der Waals surface area contributed by atoms with E-state index >= 15 is 0 Å². The van der Waals surface area contributed by atoms with Crippen molar-refractivity contribution in [3.05, 3.63) is 4.88 Å². The standard InChI is InChI=1S/C15H26N4OS/c1-4-11(9-10-7-8-10)17-14(20)12-13(16)18-15(21-12)19(5-2)6-3/h10-11H,4-9,16H2,1-3H3,(H,17,20). The van der Waals surface area contributed by atoms with Crippen LogP contribution in [0.25, 0.3) is 0 Å². The third-order valence-corrected chi connectivity index (χ3v) is 5.16. The first-order valence-corrected chi connectivity index (χ1v) is 8.72. The minimum atomic E-state index is -0.0732. The van der Waals surface area contributed by atoms with Gasteiger partial charge in [-0.2, -0.15) is 0 Å². The number of carbonyl (C=O) groups is 1. The number of hydrogen-bond donors (Lipinski definition) is 2. The minimum absolute atomic E-state index is 0.0732. The molecule has 0 aliphatic heterocycles. The summed E-state index contributed by atoms with van der Waals surface area (Å²) >= 11 is 1.39. The van der Waals surface area contributed by atoms with Gasteiger partial charge in [0.2, 0.25) is 0 Å². The zero-order chi connectivity index (χ0) is 15.4. The normalized spacial score (nSPS) is 15.8. The molecule has 0 saturated heterocycles. The lowest BCUT2D eigenvalue weighted by Gasteiger charge is -2.17. The van der Waals surface area contributed by atoms with Gasteiger partial charge in [-0.3, -0.25) is 4.79 Å². The van der Waals surface area contributed by atoms with E-state index in [1.165, 1.54) is 24.2 Å². The zero-order valence-electron chi connectivity index (χ0n) is 13.2. The van der Waals surface area contributed by atoms with Crippen molar-refractivity contribution < 1.29 is 4.79 Å². The first-order valence-electron chi connectivity index (χ1n) is 7.91. The van der Waals surface area contributed by atoms with Crippen molar-refractivity contribution in [2.24, 2.45) is 5.92 Å². The van der Waals surface area contributed by atoms with Gasteiger partial charge < -0.3 is 16.0 Å². The number of anilines is 2. The van der Waals surface area contributed by atoms with Crippen molar-refractivity contribution in [1.29, 1.82) is 0 Å². The molecule has 3 N–H and O–H groups in total. The highest BCUT2D eigenvalue weighted by atomic mass is 32.1. The third-order valence-electron chi connectivity index (χ3n) is 4.03. The molecular formula is C15H26N4OS. The molecule has 0 radical (unpaired) electrons. The van der Waals surface area contributed by atoms with Crippen molar-refractivity contribution in [1.82, 2.24) is 10.3 Å². The van der Waals surface area contributed by atoms with E-state index in [-0.39, 0.29) is 11.9 Å². The van der Waals surface area contributed by atoms with Gasteiger partial charge in [-0.1, -0.05) is 31.1 Å². The number of amides is 1. The van der Waals surface area contributed by atoms with Gasteiger partial charge in [-0.05, 0) is 32.6 Å². The molecule has 1 aromatic heterocycles. The van der Waals surface area contributed by atoms with E-state index < -0.39 is 0 Å². The van der Waals surface area contributed by atoms with E-state index in [2.05, 4.69) is 36.0 Å². The van der Waals surface area contributed by atoms with Crippen LogP contribution in [0.3, 0.4) is 0 Å². The Labute approximate surface area is 130 Å². The van der Waals surface area contributed by atoms with Gasteiger partial charge in [0.15, 0.2) is 5.13 Å². The molecule has 5 nitrogen and oxygen atoms in total. The van der Waals surface area contributed by atoms with E-state index in [9.17, 15) is 4.79 Å². The van der Waals surface area contributed by atoms with Gasteiger partial charge >= 0.3 is 0 Å². The Morgan fingerprint density at radius 2 is 2.10 bits per heavy atom. The smallest absolute Gasteiger partial charge is 0.265 e. The Morgan fingerprint density at radius 3 is 2.62 bits per heavy atom. The molecule has 2 rings (SSSR count). The van der Waals surface area contributed by atoms with Crippen molar-refractivity contribution in [3.63, 3.8) is 0 Å². The summed E-state index contributed by atoms with van der Waals surface area (Å²) in [6.45, 7) is 7.99. The van der Waals surface area contributed by atoms with E-state index in [1.807, 2.05) is 0 Å². The lowest BCUT2D eigenvalue weighted by molar-refractivity contribution is 0.0937. The highest BCUT2D eigenvalue weighted by molar-refractivity contribution is 7.18. The molecule has 6 heteroatoms. The lowest BCUT2D eigenvalue weighted by Crippen LogP contribution is -2.34. The average molecular weight is 310 g/mol. The van der Waals surface area contributed by atoms with Crippen LogP contribution in [0.4, 0.5) is 10.9 Å². The number of thiazole rings is 1. The molecule has 118 valence electrons. The summed E-state index contributed by atoms with van der Waals surface area (Å²) in [7, 11) is 0. The van der Waals surface area contributed by atoms with E-state index in [0.717, 1.165) is 37.0 Å². The van der Waals surface area contributed by atoms with E-state index in [4.69, 9.17) is 5.73 Å². The molecule has 1 aliphatic carbocycles. The predicted octanol–water partition coefficient (Wildman–Crippen LogP) is 2.88. The van der Waals surface area contributed by atoms with Crippen LogP contribution >= 0.6 is 11.3 Å². The van der Waals surface area contributed by atoms with Crippen LogP contribution in [0, 0.1) is 5.92 Å². The summed E-state index contributed by atoms with van der Waals surface area (Å²) in [6, 6.07) is 0.253. The SMILES string of the molecule is CCC(CC1CC1)NC(=O)c1sc(N(CC)CC)nc1N. The minimum Gasteiger partial charge on any atom is -0.382 e.